The molecule has 23 heavy (non-hydrogen) atoms. The molecule has 0 heterocycles. The highest BCUT2D eigenvalue weighted by Crippen LogP contribution is 2.22. The highest BCUT2D eigenvalue weighted by molar-refractivity contribution is 5.49. The molecule has 2 aromatic carbocycles. The molecule has 0 aliphatic carbocycles. The Morgan fingerprint density at radius 2 is 1.35 bits per heavy atom. The van der Waals surface area contributed by atoms with Crippen molar-refractivity contribution in [1.82, 2.24) is 0 Å². The standard InChI is InChI=1S/C20H27NO2/c1-4-5-6-15-21(18-9-13-20(23-3)14-10-18)16-17-7-11-19(22-2)12-8-17/h7-14H,4-6,15-16H2,1-3H3. The lowest BCUT2D eigenvalue weighted by Gasteiger charge is -2.25. The van der Waals surface area contributed by atoms with Gasteiger partial charge in [-0.3, -0.25) is 0 Å². The van der Waals surface area contributed by atoms with Gasteiger partial charge in [-0.25, -0.2) is 0 Å². The second kappa shape index (κ2) is 9.09. The van der Waals surface area contributed by atoms with E-state index >= 15 is 0 Å². The summed E-state index contributed by atoms with van der Waals surface area (Å²) in [4.78, 5) is 2.43. The number of benzene rings is 2. The van der Waals surface area contributed by atoms with E-state index in [4.69, 9.17) is 9.47 Å². The fourth-order valence-electron chi connectivity index (χ4n) is 2.60. The average Bonchev–Trinajstić information content (AvgIpc) is 2.62. The molecule has 0 aliphatic heterocycles. The summed E-state index contributed by atoms with van der Waals surface area (Å²) in [6.45, 7) is 4.20. The van der Waals surface area contributed by atoms with Crippen LogP contribution in [-0.2, 0) is 6.54 Å². The Balaban J connectivity index is 2.11. The van der Waals surface area contributed by atoms with Gasteiger partial charge in [-0.2, -0.15) is 0 Å². The molecule has 0 bridgehead atoms. The molecule has 0 saturated carbocycles. The van der Waals surface area contributed by atoms with Crippen LogP contribution in [0.15, 0.2) is 48.5 Å². The topological polar surface area (TPSA) is 21.7 Å². The molecule has 2 aromatic rings. The first-order valence-electron chi connectivity index (χ1n) is 8.28. The van der Waals surface area contributed by atoms with Gasteiger partial charge in [0.25, 0.3) is 0 Å². The largest absolute Gasteiger partial charge is 0.497 e. The highest BCUT2D eigenvalue weighted by Gasteiger charge is 2.08. The number of hydrogen-bond acceptors (Lipinski definition) is 3. The Morgan fingerprint density at radius 1 is 0.783 bits per heavy atom. The van der Waals surface area contributed by atoms with Crippen LogP contribution in [0, 0.1) is 0 Å². The molecule has 0 fully saturated rings. The van der Waals surface area contributed by atoms with E-state index < -0.39 is 0 Å². The van der Waals surface area contributed by atoms with E-state index in [0.717, 1.165) is 24.6 Å². The molecule has 3 nitrogen and oxygen atoms in total. The van der Waals surface area contributed by atoms with Crippen LogP contribution in [0.2, 0.25) is 0 Å². The second-order valence-corrected chi connectivity index (χ2v) is 5.67. The summed E-state index contributed by atoms with van der Waals surface area (Å²) < 4.78 is 10.5. The van der Waals surface area contributed by atoms with Crippen molar-refractivity contribution in [3.63, 3.8) is 0 Å². The van der Waals surface area contributed by atoms with Crippen molar-refractivity contribution in [3.05, 3.63) is 54.1 Å². The lowest BCUT2D eigenvalue weighted by atomic mass is 10.1. The zero-order valence-corrected chi connectivity index (χ0v) is 14.4. The van der Waals surface area contributed by atoms with E-state index in [1.165, 1.54) is 30.5 Å². The van der Waals surface area contributed by atoms with Crippen LogP contribution in [0.25, 0.3) is 0 Å². The Morgan fingerprint density at radius 3 is 1.87 bits per heavy atom. The molecule has 0 spiro atoms. The van der Waals surface area contributed by atoms with Gasteiger partial charge < -0.3 is 14.4 Å². The third kappa shape index (κ3) is 5.20. The quantitative estimate of drug-likeness (QED) is 0.615. The van der Waals surface area contributed by atoms with Gasteiger partial charge in [0.15, 0.2) is 0 Å². The van der Waals surface area contributed by atoms with Crippen LogP contribution >= 0.6 is 0 Å². The third-order valence-corrected chi connectivity index (χ3v) is 4.00. The summed E-state index contributed by atoms with van der Waals surface area (Å²) in [6, 6.07) is 16.6. The number of nitrogens with zero attached hydrogens (tertiary/aromatic N) is 1. The predicted octanol–water partition coefficient (Wildman–Crippen LogP) is 4.90. The molecule has 2 rings (SSSR count). The number of unbranched alkanes of at least 4 members (excludes halogenated alkanes) is 2. The first kappa shape index (κ1) is 17.2. The van der Waals surface area contributed by atoms with Crippen molar-refractivity contribution in [2.45, 2.75) is 32.7 Å². The van der Waals surface area contributed by atoms with Gasteiger partial charge in [-0.15, -0.1) is 0 Å². The maximum atomic E-state index is 5.26. The summed E-state index contributed by atoms with van der Waals surface area (Å²) in [5.41, 5.74) is 2.52. The number of methoxy groups -OCH3 is 2. The van der Waals surface area contributed by atoms with Gasteiger partial charge >= 0.3 is 0 Å². The molecule has 0 radical (unpaired) electrons. The zero-order chi connectivity index (χ0) is 16.5. The molecule has 0 aliphatic rings. The van der Waals surface area contributed by atoms with Crippen molar-refractivity contribution < 1.29 is 9.47 Å². The molecule has 3 heteroatoms. The summed E-state index contributed by atoms with van der Waals surface area (Å²) in [7, 11) is 3.40. The Kier molecular flexibility index (Phi) is 6.79. The molecule has 0 N–H and O–H groups in total. The second-order valence-electron chi connectivity index (χ2n) is 5.67. The Labute approximate surface area is 139 Å². The fourth-order valence-corrected chi connectivity index (χ4v) is 2.60. The van der Waals surface area contributed by atoms with Crippen LogP contribution in [0.4, 0.5) is 5.69 Å². The summed E-state index contributed by atoms with van der Waals surface area (Å²) in [6.07, 6.45) is 3.70. The lowest BCUT2D eigenvalue weighted by molar-refractivity contribution is 0.414. The lowest BCUT2D eigenvalue weighted by Crippen LogP contribution is -2.23. The average molecular weight is 313 g/mol. The highest BCUT2D eigenvalue weighted by atomic mass is 16.5. The molecule has 0 unspecified atom stereocenters. The Hall–Kier alpha value is -2.16. The molecular weight excluding hydrogens is 286 g/mol. The number of ether oxygens (including phenoxy) is 2. The van der Waals surface area contributed by atoms with Crippen LogP contribution in [0.5, 0.6) is 11.5 Å². The van der Waals surface area contributed by atoms with Gasteiger partial charge in [-0.05, 0) is 48.4 Å². The molecule has 0 amide bonds. The molecule has 124 valence electrons. The predicted molar refractivity (Wildman–Crippen MR) is 96.6 cm³/mol. The smallest absolute Gasteiger partial charge is 0.119 e. The van der Waals surface area contributed by atoms with Crippen molar-refractivity contribution in [2.75, 3.05) is 25.7 Å². The van der Waals surface area contributed by atoms with Crippen LogP contribution in [0.1, 0.15) is 31.7 Å². The maximum Gasteiger partial charge on any atom is 0.119 e. The molecule has 0 aromatic heterocycles. The number of rotatable bonds is 9. The van der Waals surface area contributed by atoms with E-state index in [1.54, 1.807) is 14.2 Å². The van der Waals surface area contributed by atoms with E-state index in [2.05, 4.69) is 36.1 Å². The first-order valence-corrected chi connectivity index (χ1v) is 8.28. The van der Waals surface area contributed by atoms with Crippen molar-refractivity contribution >= 4 is 5.69 Å². The normalized spacial score (nSPS) is 10.4. The summed E-state index contributed by atoms with van der Waals surface area (Å²) >= 11 is 0. The van der Waals surface area contributed by atoms with E-state index in [9.17, 15) is 0 Å². The van der Waals surface area contributed by atoms with E-state index in [0.29, 0.717) is 0 Å². The number of anilines is 1. The van der Waals surface area contributed by atoms with Gasteiger partial charge in [0.2, 0.25) is 0 Å². The molecule has 0 atom stereocenters. The van der Waals surface area contributed by atoms with Gasteiger partial charge in [0.05, 0.1) is 14.2 Å². The van der Waals surface area contributed by atoms with E-state index in [1.807, 2.05) is 24.3 Å². The monoisotopic (exact) mass is 313 g/mol. The van der Waals surface area contributed by atoms with Crippen LogP contribution in [-0.4, -0.2) is 20.8 Å². The SMILES string of the molecule is CCCCCN(Cc1ccc(OC)cc1)c1ccc(OC)cc1. The summed E-state index contributed by atoms with van der Waals surface area (Å²) in [5, 5.41) is 0. The van der Waals surface area contributed by atoms with Crippen molar-refractivity contribution in [3.8, 4) is 11.5 Å². The van der Waals surface area contributed by atoms with Gasteiger partial charge in [0, 0.05) is 18.8 Å². The fraction of sp³-hybridized carbons (Fsp3) is 0.400. The van der Waals surface area contributed by atoms with Crippen molar-refractivity contribution in [1.29, 1.82) is 0 Å². The zero-order valence-electron chi connectivity index (χ0n) is 14.4. The number of hydrogen-bond donors (Lipinski definition) is 0. The Bertz CT molecular complexity index is 563. The van der Waals surface area contributed by atoms with Crippen LogP contribution < -0.4 is 14.4 Å². The maximum absolute atomic E-state index is 5.26. The molecule has 0 saturated heterocycles. The minimum Gasteiger partial charge on any atom is -0.497 e. The first-order chi connectivity index (χ1) is 11.3. The minimum absolute atomic E-state index is 0.895. The third-order valence-electron chi connectivity index (χ3n) is 4.00. The van der Waals surface area contributed by atoms with Gasteiger partial charge in [0.1, 0.15) is 11.5 Å². The van der Waals surface area contributed by atoms with Gasteiger partial charge in [-0.1, -0.05) is 31.9 Å². The molecular formula is C20H27NO2. The van der Waals surface area contributed by atoms with Crippen molar-refractivity contribution in [2.24, 2.45) is 0 Å². The van der Waals surface area contributed by atoms with Crippen LogP contribution in [0.3, 0.4) is 0 Å². The minimum atomic E-state index is 0.895. The summed E-state index contributed by atoms with van der Waals surface area (Å²) in [5.74, 6) is 1.79. The van der Waals surface area contributed by atoms with E-state index in [-0.39, 0.29) is 0 Å².